The van der Waals surface area contributed by atoms with Gasteiger partial charge in [0.2, 0.25) is 5.91 Å². The second-order valence-corrected chi connectivity index (χ2v) is 3.48. The molecule has 1 aromatic carbocycles. The molecule has 0 saturated carbocycles. The van der Waals surface area contributed by atoms with Gasteiger partial charge in [-0.25, -0.2) is 0 Å². The van der Waals surface area contributed by atoms with Crippen LogP contribution in [0.5, 0.6) is 5.75 Å². The number of nitrogens with one attached hydrogen (secondary N) is 1. The van der Waals surface area contributed by atoms with Gasteiger partial charge < -0.3 is 15.8 Å². The van der Waals surface area contributed by atoms with Crippen LogP contribution in [-0.4, -0.2) is 18.6 Å². The topological polar surface area (TPSA) is 88.1 Å². The van der Waals surface area contributed by atoms with Crippen LogP contribution in [0.15, 0.2) is 24.3 Å². The monoisotopic (exact) mass is 233 g/mol. The van der Waals surface area contributed by atoms with Crippen molar-refractivity contribution in [2.45, 2.75) is 19.4 Å². The summed E-state index contributed by atoms with van der Waals surface area (Å²) in [5.74, 6) is 0.377. The molecule has 0 spiro atoms. The lowest BCUT2D eigenvalue weighted by molar-refractivity contribution is -0.117. The Kier molecular flexibility index (Phi) is 4.98. The van der Waals surface area contributed by atoms with Crippen LogP contribution in [0.2, 0.25) is 0 Å². The normalized spacial score (nSPS) is 11.4. The standard InChI is InChI=1S/C12H15N3O2/c1-2-11(14)12(16)15-9-3-5-10(6-4-9)17-8-7-13/h3-6,11H,2,8,14H2,1H3,(H,15,16)/t11-/m1/s1. The quantitative estimate of drug-likeness (QED) is 0.801. The van der Waals surface area contributed by atoms with Gasteiger partial charge in [0.05, 0.1) is 6.04 Å². The van der Waals surface area contributed by atoms with Gasteiger partial charge in [-0.15, -0.1) is 0 Å². The molecule has 1 aromatic rings. The molecule has 0 bridgehead atoms. The predicted molar refractivity (Wildman–Crippen MR) is 64.4 cm³/mol. The fraction of sp³-hybridized carbons (Fsp3) is 0.333. The van der Waals surface area contributed by atoms with Crippen LogP contribution in [0.3, 0.4) is 0 Å². The number of hydrogen-bond acceptors (Lipinski definition) is 4. The number of nitriles is 1. The van der Waals surface area contributed by atoms with E-state index in [1.165, 1.54) is 0 Å². The zero-order valence-corrected chi connectivity index (χ0v) is 9.64. The summed E-state index contributed by atoms with van der Waals surface area (Å²) < 4.78 is 5.09. The summed E-state index contributed by atoms with van der Waals surface area (Å²) in [6, 6.07) is 8.15. The lowest BCUT2D eigenvalue weighted by atomic mass is 10.2. The van der Waals surface area contributed by atoms with E-state index in [0.717, 1.165) is 0 Å². The first-order valence-corrected chi connectivity index (χ1v) is 5.33. The molecule has 0 aliphatic rings. The van der Waals surface area contributed by atoms with Crippen molar-refractivity contribution in [1.82, 2.24) is 0 Å². The van der Waals surface area contributed by atoms with Crippen molar-refractivity contribution in [2.24, 2.45) is 5.73 Å². The van der Waals surface area contributed by atoms with Gasteiger partial charge >= 0.3 is 0 Å². The van der Waals surface area contributed by atoms with Crippen LogP contribution in [0, 0.1) is 11.3 Å². The summed E-state index contributed by atoms with van der Waals surface area (Å²) in [6.45, 7) is 1.86. The fourth-order valence-electron chi connectivity index (χ4n) is 1.17. The number of carbonyl (C=O) groups is 1. The Morgan fingerprint density at radius 1 is 1.53 bits per heavy atom. The van der Waals surface area contributed by atoms with Gasteiger partial charge in [0.1, 0.15) is 11.8 Å². The van der Waals surface area contributed by atoms with E-state index < -0.39 is 6.04 Å². The van der Waals surface area contributed by atoms with Gasteiger partial charge in [-0.2, -0.15) is 5.26 Å². The molecule has 1 amide bonds. The first kappa shape index (κ1) is 13.0. The highest BCUT2D eigenvalue weighted by Crippen LogP contribution is 2.15. The van der Waals surface area contributed by atoms with E-state index in [4.69, 9.17) is 15.7 Å². The Morgan fingerprint density at radius 2 is 2.18 bits per heavy atom. The Balaban J connectivity index is 2.57. The van der Waals surface area contributed by atoms with Crippen LogP contribution >= 0.6 is 0 Å². The number of nitrogens with zero attached hydrogens (tertiary/aromatic N) is 1. The van der Waals surface area contributed by atoms with Crippen LogP contribution < -0.4 is 15.8 Å². The predicted octanol–water partition coefficient (Wildman–Crippen LogP) is 1.26. The van der Waals surface area contributed by atoms with E-state index >= 15 is 0 Å². The van der Waals surface area contributed by atoms with E-state index in [1.807, 2.05) is 13.0 Å². The van der Waals surface area contributed by atoms with Gasteiger partial charge in [-0.05, 0) is 30.7 Å². The zero-order valence-electron chi connectivity index (χ0n) is 9.64. The molecule has 90 valence electrons. The smallest absolute Gasteiger partial charge is 0.241 e. The maximum absolute atomic E-state index is 11.5. The summed E-state index contributed by atoms with van der Waals surface area (Å²) >= 11 is 0. The van der Waals surface area contributed by atoms with Gasteiger partial charge in [0, 0.05) is 5.69 Å². The number of hydrogen-bond donors (Lipinski definition) is 2. The molecule has 0 heterocycles. The zero-order chi connectivity index (χ0) is 12.7. The van der Waals surface area contributed by atoms with Gasteiger partial charge in [0.15, 0.2) is 6.61 Å². The van der Waals surface area contributed by atoms with E-state index in [-0.39, 0.29) is 12.5 Å². The first-order chi connectivity index (χ1) is 8.17. The summed E-state index contributed by atoms with van der Waals surface area (Å²) in [5.41, 5.74) is 6.24. The van der Waals surface area contributed by atoms with Gasteiger partial charge in [-0.3, -0.25) is 4.79 Å². The van der Waals surface area contributed by atoms with Crippen LogP contribution in [0.1, 0.15) is 13.3 Å². The lowest BCUT2D eigenvalue weighted by Gasteiger charge is -2.10. The minimum Gasteiger partial charge on any atom is -0.479 e. The van der Waals surface area contributed by atoms with E-state index in [2.05, 4.69) is 5.32 Å². The molecule has 0 aliphatic heterocycles. The highest BCUT2D eigenvalue weighted by molar-refractivity contribution is 5.94. The second kappa shape index (κ2) is 6.51. The van der Waals surface area contributed by atoms with Gasteiger partial charge in [-0.1, -0.05) is 6.92 Å². The number of anilines is 1. The van der Waals surface area contributed by atoms with Crippen molar-refractivity contribution in [3.63, 3.8) is 0 Å². The summed E-state index contributed by atoms with van der Waals surface area (Å²) in [7, 11) is 0. The van der Waals surface area contributed by atoms with Crippen molar-refractivity contribution < 1.29 is 9.53 Å². The van der Waals surface area contributed by atoms with Crippen molar-refractivity contribution in [1.29, 1.82) is 5.26 Å². The largest absolute Gasteiger partial charge is 0.479 e. The minimum atomic E-state index is -0.496. The SMILES string of the molecule is CC[C@@H](N)C(=O)Nc1ccc(OCC#N)cc1. The Hall–Kier alpha value is -2.06. The molecule has 0 radical (unpaired) electrons. The summed E-state index contributed by atoms with van der Waals surface area (Å²) in [5, 5.41) is 11.0. The van der Waals surface area contributed by atoms with Crippen LogP contribution in [0.25, 0.3) is 0 Å². The van der Waals surface area contributed by atoms with Crippen molar-refractivity contribution >= 4 is 11.6 Å². The Bertz CT molecular complexity index is 409. The lowest BCUT2D eigenvalue weighted by Crippen LogP contribution is -2.34. The molecule has 5 nitrogen and oxygen atoms in total. The number of amides is 1. The Morgan fingerprint density at radius 3 is 2.71 bits per heavy atom. The van der Waals surface area contributed by atoms with E-state index in [1.54, 1.807) is 24.3 Å². The molecule has 5 heteroatoms. The Labute approximate surface area is 100 Å². The molecule has 0 aromatic heterocycles. The highest BCUT2D eigenvalue weighted by Gasteiger charge is 2.10. The number of rotatable bonds is 5. The summed E-state index contributed by atoms with van der Waals surface area (Å²) in [6.07, 6.45) is 0.592. The third-order valence-corrected chi connectivity index (χ3v) is 2.20. The molecule has 1 rings (SSSR count). The van der Waals surface area contributed by atoms with Crippen molar-refractivity contribution in [2.75, 3.05) is 11.9 Å². The molecule has 17 heavy (non-hydrogen) atoms. The van der Waals surface area contributed by atoms with E-state index in [9.17, 15) is 4.79 Å². The molecule has 3 N–H and O–H groups in total. The molecular formula is C12H15N3O2. The van der Waals surface area contributed by atoms with Crippen LogP contribution in [-0.2, 0) is 4.79 Å². The average Bonchev–Trinajstić information content (AvgIpc) is 2.37. The van der Waals surface area contributed by atoms with Crippen molar-refractivity contribution in [3.05, 3.63) is 24.3 Å². The molecule has 0 aliphatic carbocycles. The van der Waals surface area contributed by atoms with Crippen LogP contribution in [0.4, 0.5) is 5.69 Å². The fourth-order valence-corrected chi connectivity index (χ4v) is 1.17. The number of ether oxygens (including phenoxy) is 1. The third kappa shape index (κ3) is 4.13. The third-order valence-electron chi connectivity index (χ3n) is 2.20. The molecule has 0 saturated heterocycles. The second-order valence-electron chi connectivity index (χ2n) is 3.48. The number of nitrogens with two attached hydrogens (primary N) is 1. The first-order valence-electron chi connectivity index (χ1n) is 5.33. The molecular weight excluding hydrogens is 218 g/mol. The van der Waals surface area contributed by atoms with Crippen molar-refractivity contribution in [3.8, 4) is 11.8 Å². The number of benzene rings is 1. The molecule has 0 unspecified atom stereocenters. The maximum atomic E-state index is 11.5. The molecule has 1 atom stereocenters. The van der Waals surface area contributed by atoms with E-state index in [0.29, 0.717) is 17.9 Å². The highest BCUT2D eigenvalue weighted by atomic mass is 16.5. The summed E-state index contributed by atoms with van der Waals surface area (Å²) in [4.78, 5) is 11.5. The average molecular weight is 233 g/mol. The number of carbonyl (C=O) groups excluding carboxylic acids is 1. The minimum absolute atomic E-state index is 0.00636. The maximum Gasteiger partial charge on any atom is 0.241 e. The van der Waals surface area contributed by atoms with Gasteiger partial charge in [0.25, 0.3) is 0 Å². The molecule has 0 fully saturated rings.